The SMILES string of the molecule is CN(C)c1ccc(S(N)(=O)=O)cc1NC(=S)NCc1ccc2c(c1)OCO2. The van der Waals surface area contributed by atoms with Gasteiger partial charge in [0.05, 0.1) is 16.3 Å². The van der Waals surface area contributed by atoms with Crippen LogP contribution >= 0.6 is 12.2 Å². The zero-order valence-electron chi connectivity index (χ0n) is 14.9. The summed E-state index contributed by atoms with van der Waals surface area (Å²) in [5.74, 6) is 1.42. The lowest BCUT2D eigenvalue weighted by atomic mass is 10.2. The molecule has 2 aromatic rings. The first kappa shape index (κ1) is 19.2. The van der Waals surface area contributed by atoms with Crippen molar-refractivity contribution in [2.24, 2.45) is 5.14 Å². The largest absolute Gasteiger partial charge is 0.454 e. The fourth-order valence-electron chi connectivity index (χ4n) is 2.58. The van der Waals surface area contributed by atoms with Crippen molar-refractivity contribution in [3.05, 3.63) is 42.0 Å². The summed E-state index contributed by atoms with van der Waals surface area (Å²) < 4.78 is 33.9. The third kappa shape index (κ3) is 4.59. The van der Waals surface area contributed by atoms with E-state index in [1.54, 1.807) is 6.07 Å². The number of hydrogen-bond donors (Lipinski definition) is 3. The number of nitrogens with one attached hydrogen (secondary N) is 2. The van der Waals surface area contributed by atoms with E-state index in [9.17, 15) is 8.42 Å². The summed E-state index contributed by atoms with van der Waals surface area (Å²) in [7, 11) is -0.118. The molecular weight excluding hydrogens is 388 g/mol. The Balaban J connectivity index is 1.71. The van der Waals surface area contributed by atoms with Crippen LogP contribution in [0.4, 0.5) is 11.4 Å². The molecule has 0 saturated carbocycles. The summed E-state index contributed by atoms with van der Waals surface area (Å²) in [4.78, 5) is 1.85. The third-order valence-electron chi connectivity index (χ3n) is 3.92. The molecule has 10 heteroatoms. The van der Waals surface area contributed by atoms with E-state index in [2.05, 4.69) is 10.6 Å². The molecule has 8 nitrogen and oxygen atoms in total. The van der Waals surface area contributed by atoms with E-state index in [0.29, 0.717) is 23.1 Å². The molecule has 0 atom stereocenters. The monoisotopic (exact) mass is 408 g/mol. The van der Waals surface area contributed by atoms with Crippen LogP contribution in [0.5, 0.6) is 11.5 Å². The van der Waals surface area contributed by atoms with Crippen LogP contribution in [0, 0.1) is 0 Å². The van der Waals surface area contributed by atoms with E-state index in [-0.39, 0.29) is 11.7 Å². The van der Waals surface area contributed by atoms with E-state index < -0.39 is 10.0 Å². The highest BCUT2D eigenvalue weighted by atomic mass is 32.2. The Morgan fingerprint density at radius 2 is 1.93 bits per heavy atom. The van der Waals surface area contributed by atoms with Crippen molar-refractivity contribution in [2.75, 3.05) is 31.1 Å². The van der Waals surface area contributed by atoms with Gasteiger partial charge < -0.3 is 25.0 Å². The number of ether oxygens (including phenoxy) is 2. The standard InChI is InChI=1S/C17H20N4O4S2/c1-21(2)14-5-4-12(27(18,22)23)8-13(14)20-17(26)19-9-11-3-6-15-16(7-11)25-10-24-15/h3-8H,9-10H2,1-2H3,(H2,18,22,23)(H2,19,20,26). The lowest BCUT2D eigenvalue weighted by Crippen LogP contribution is -2.29. The number of nitrogens with two attached hydrogens (primary N) is 1. The van der Waals surface area contributed by atoms with Gasteiger partial charge in [-0.15, -0.1) is 0 Å². The van der Waals surface area contributed by atoms with Gasteiger partial charge in [0, 0.05) is 20.6 Å². The highest BCUT2D eigenvalue weighted by Crippen LogP contribution is 2.32. The second-order valence-electron chi connectivity index (χ2n) is 6.11. The van der Waals surface area contributed by atoms with Gasteiger partial charge in [0.25, 0.3) is 0 Å². The predicted molar refractivity (Wildman–Crippen MR) is 108 cm³/mol. The fourth-order valence-corrected chi connectivity index (χ4v) is 3.30. The fraction of sp³-hybridized carbons (Fsp3) is 0.235. The molecular formula is C17H20N4O4S2. The predicted octanol–water partition coefficient (Wildman–Crippen LogP) is 1.62. The van der Waals surface area contributed by atoms with Crippen LogP contribution in [-0.2, 0) is 16.6 Å². The van der Waals surface area contributed by atoms with Crippen LogP contribution in [0.1, 0.15) is 5.56 Å². The van der Waals surface area contributed by atoms with Crippen molar-refractivity contribution in [3.8, 4) is 11.5 Å². The maximum absolute atomic E-state index is 11.6. The van der Waals surface area contributed by atoms with Gasteiger partial charge in [-0.1, -0.05) is 6.07 Å². The molecule has 0 radical (unpaired) electrons. The summed E-state index contributed by atoms with van der Waals surface area (Å²) in [5, 5.41) is 11.7. The smallest absolute Gasteiger partial charge is 0.238 e. The van der Waals surface area contributed by atoms with Gasteiger partial charge in [-0.3, -0.25) is 0 Å². The lowest BCUT2D eigenvalue weighted by Gasteiger charge is -2.20. The molecule has 0 aromatic heterocycles. The minimum absolute atomic E-state index is 0.00849. The van der Waals surface area contributed by atoms with Crippen LogP contribution in [0.15, 0.2) is 41.3 Å². The van der Waals surface area contributed by atoms with Crippen molar-refractivity contribution in [1.29, 1.82) is 0 Å². The van der Waals surface area contributed by atoms with Gasteiger partial charge in [-0.05, 0) is 48.1 Å². The van der Waals surface area contributed by atoms with Crippen LogP contribution in [-0.4, -0.2) is 34.4 Å². The Hall–Kier alpha value is -2.56. The minimum atomic E-state index is -3.81. The maximum Gasteiger partial charge on any atom is 0.238 e. The summed E-state index contributed by atoms with van der Waals surface area (Å²) in [6.45, 7) is 0.689. The number of sulfonamides is 1. The van der Waals surface area contributed by atoms with Crippen LogP contribution in [0.25, 0.3) is 0 Å². The molecule has 1 aliphatic rings. The number of rotatable bonds is 5. The van der Waals surface area contributed by atoms with Crippen molar-refractivity contribution < 1.29 is 17.9 Å². The van der Waals surface area contributed by atoms with Crippen LogP contribution < -0.4 is 30.1 Å². The van der Waals surface area contributed by atoms with Crippen molar-refractivity contribution in [3.63, 3.8) is 0 Å². The molecule has 1 heterocycles. The van der Waals surface area contributed by atoms with Crippen molar-refractivity contribution in [1.82, 2.24) is 5.32 Å². The molecule has 2 aromatic carbocycles. The molecule has 0 aliphatic carbocycles. The van der Waals surface area contributed by atoms with Gasteiger partial charge in [0.1, 0.15) is 0 Å². The van der Waals surface area contributed by atoms with E-state index in [4.69, 9.17) is 26.8 Å². The maximum atomic E-state index is 11.6. The summed E-state index contributed by atoms with van der Waals surface area (Å²) >= 11 is 5.34. The molecule has 0 saturated heterocycles. The van der Waals surface area contributed by atoms with Gasteiger partial charge in [-0.25, -0.2) is 13.6 Å². The van der Waals surface area contributed by atoms with Gasteiger partial charge >= 0.3 is 0 Å². The number of primary sulfonamides is 1. The Kier molecular flexibility index (Phi) is 5.40. The topological polar surface area (TPSA) is 106 Å². The Morgan fingerprint density at radius 3 is 2.63 bits per heavy atom. The Bertz CT molecular complexity index is 977. The van der Waals surface area contributed by atoms with E-state index in [1.807, 2.05) is 37.2 Å². The highest BCUT2D eigenvalue weighted by molar-refractivity contribution is 7.89. The molecule has 0 bridgehead atoms. The van der Waals surface area contributed by atoms with Crippen LogP contribution in [0.2, 0.25) is 0 Å². The zero-order valence-corrected chi connectivity index (χ0v) is 16.5. The quantitative estimate of drug-likeness (QED) is 0.641. The summed E-state index contributed by atoms with van der Waals surface area (Å²) in [6, 6.07) is 10.2. The first-order chi connectivity index (χ1) is 12.7. The van der Waals surface area contributed by atoms with Gasteiger partial charge in [0.15, 0.2) is 16.6 Å². The number of nitrogens with zero attached hydrogens (tertiary/aromatic N) is 1. The van der Waals surface area contributed by atoms with E-state index >= 15 is 0 Å². The zero-order chi connectivity index (χ0) is 19.6. The van der Waals surface area contributed by atoms with Crippen molar-refractivity contribution >= 4 is 38.7 Å². The van der Waals surface area contributed by atoms with E-state index in [0.717, 1.165) is 17.0 Å². The molecule has 0 unspecified atom stereocenters. The number of benzene rings is 2. The van der Waals surface area contributed by atoms with Crippen molar-refractivity contribution in [2.45, 2.75) is 11.4 Å². The Labute approximate surface area is 163 Å². The number of fused-ring (bicyclic) bond motifs is 1. The molecule has 144 valence electrons. The lowest BCUT2D eigenvalue weighted by molar-refractivity contribution is 0.174. The second-order valence-corrected chi connectivity index (χ2v) is 8.08. The first-order valence-corrected chi connectivity index (χ1v) is 9.97. The van der Waals surface area contributed by atoms with E-state index in [1.165, 1.54) is 12.1 Å². The van der Waals surface area contributed by atoms with Gasteiger partial charge in [0.2, 0.25) is 16.8 Å². The number of hydrogen-bond acceptors (Lipinski definition) is 6. The third-order valence-corrected chi connectivity index (χ3v) is 5.07. The normalized spacial score (nSPS) is 12.6. The second kappa shape index (κ2) is 7.59. The average molecular weight is 409 g/mol. The molecule has 1 aliphatic heterocycles. The molecule has 0 fully saturated rings. The highest BCUT2D eigenvalue weighted by Gasteiger charge is 2.15. The first-order valence-electron chi connectivity index (χ1n) is 8.01. The molecule has 27 heavy (non-hydrogen) atoms. The Morgan fingerprint density at radius 1 is 1.19 bits per heavy atom. The minimum Gasteiger partial charge on any atom is -0.454 e. The average Bonchev–Trinajstić information content (AvgIpc) is 3.06. The number of anilines is 2. The molecule has 4 N–H and O–H groups in total. The number of thiocarbonyl (C=S) groups is 1. The van der Waals surface area contributed by atoms with Gasteiger partial charge in [-0.2, -0.15) is 0 Å². The summed E-state index contributed by atoms with van der Waals surface area (Å²) in [6.07, 6.45) is 0. The molecule has 0 spiro atoms. The molecule has 3 rings (SSSR count). The molecule has 0 amide bonds. The van der Waals surface area contributed by atoms with Crippen LogP contribution in [0.3, 0.4) is 0 Å². The summed E-state index contributed by atoms with van der Waals surface area (Å²) in [5.41, 5.74) is 2.28.